The second-order valence-corrected chi connectivity index (χ2v) is 9.75. The van der Waals surface area contributed by atoms with Gasteiger partial charge in [-0.1, -0.05) is 12.1 Å². The van der Waals surface area contributed by atoms with Crippen molar-refractivity contribution in [2.24, 2.45) is 7.05 Å². The van der Waals surface area contributed by atoms with Crippen molar-refractivity contribution in [3.05, 3.63) is 76.4 Å². The predicted molar refractivity (Wildman–Crippen MR) is 126 cm³/mol. The van der Waals surface area contributed by atoms with Gasteiger partial charge in [0.1, 0.15) is 6.33 Å². The van der Waals surface area contributed by atoms with Gasteiger partial charge in [0.2, 0.25) is 5.82 Å². The molecule has 1 fully saturated rings. The Morgan fingerprint density at radius 2 is 1.71 bits per heavy atom. The van der Waals surface area contributed by atoms with Gasteiger partial charge in [-0.15, -0.1) is 10.2 Å². The molecule has 12 heteroatoms. The number of amides is 1. The van der Waals surface area contributed by atoms with Crippen molar-refractivity contribution in [3.63, 3.8) is 0 Å². The molecule has 1 amide bonds. The summed E-state index contributed by atoms with van der Waals surface area (Å²) in [6.45, 7) is 2.92. The van der Waals surface area contributed by atoms with Gasteiger partial charge < -0.3 is 9.47 Å². The Kier molecular flexibility index (Phi) is 6.49. The molecule has 0 saturated carbocycles. The van der Waals surface area contributed by atoms with E-state index in [9.17, 15) is 26.7 Å². The van der Waals surface area contributed by atoms with Gasteiger partial charge in [0.15, 0.2) is 6.17 Å². The fraction of sp³-hybridized carbons (Fsp3) is 0.423. The minimum atomic E-state index is -4.70. The summed E-state index contributed by atoms with van der Waals surface area (Å²) in [6, 6.07) is 7.11. The zero-order valence-corrected chi connectivity index (χ0v) is 20.6. The number of carbonyl (C=O) groups excluding carboxylic acids is 1. The van der Waals surface area contributed by atoms with Crippen LogP contribution in [0.2, 0.25) is 0 Å². The van der Waals surface area contributed by atoms with E-state index in [1.165, 1.54) is 25.2 Å². The van der Waals surface area contributed by atoms with Crippen molar-refractivity contribution in [2.75, 3.05) is 18.0 Å². The van der Waals surface area contributed by atoms with Crippen molar-refractivity contribution in [3.8, 4) is 0 Å². The Balaban J connectivity index is 1.49. The molecule has 38 heavy (non-hydrogen) atoms. The number of alkyl halides is 6. The van der Waals surface area contributed by atoms with Gasteiger partial charge in [-0.05, 0) is 73.8 Å². The first kappa shape index (κ1) is 26.2. The molecular formula is C26H25F6N5O. The predicted octanol–water partition coefficient (Wildman–Crippen LogP) is 5.95. The van der Waals surface area contributed by atoms with E-state index in [0.29, 0.717) is 5.56 Å². The maximum atomic E-state index is 15.1. The van der Waals surface area contributed by atoms with Crippen LogP contribution in [0.4, 0.5) is 32.0 Å². The fourth-order valence-electron chi connectivity index (χ4n) is 5.23. The van der Waals surface area contributed by atoms with Crippen LogP contribution in [-0.2, 0) is 25.7 Å². The molecule has 2 aromatic carbocycles. The van der Waals surface area contributed by atoms with Crippen LogP contribution >= 0.6 is 0 Å². The molecule has 0 N–H and O–H groups in total. The molecule has 2 atom stereocenters. The third-order valence-corrected chi connectivity index (χ3v) is 7.34. The summed E-state index contributed by atoms with van der Waals surface area (Å²) in [5, 5.41) is 6.67. The summed E-state index contributed by atoms with van der Waals surface area (Å²) < 4.78 is 88.0. The zero-order valence-electron chi connectivity index (χ0n) is 20.6. The number of hydrogen-bond acceptors (Lipinski definition) is 4. The molecule has 5 rings (SSSR count). The molecular weight excluding hydrogens is 512 g/mol. The summed E-state index contributed by atoms with van der Waals surface area (Å²) in [6.07, 6.45) is -4.61. The lowest BCUT2D eigenvalue weighted by atomic mass is 9.95. The lowest BCUT2D eigenvalue weighted by Crippen LogP contribution is -2.26. The zero-order chi connectivity index (χ0) is 27.4. The minimum absolute atomic E-state index is 0.0161. The minimum Gasteiger partial charge on any atom is -0.316 e. The van der Waals surface area contributed by atoms with Crippen molar-refractivity contribution in [1.82, 2.24) is 19.7 Å². The maximum absolute atomic E-state index is 15.1. The number of fused-ring (bicyclic) bond motifs is 1. The Morgan fingerprint density at radius 1 is 1.00 bits per heavy atom. The average Bonchev–Trinajstić information content (AvgIpc) is 3.63. The number of aryl methyl sites for hydroxylation is 1. The SMILES string of the molecule is CC(c1cc2c(c(C(F)(F)F)c1)CN(c1cccc(C(F)C(F)(F)c3nncn3C)c1)C2=O)N1CCCC1. The molecule has 3 heterocycles. The Bertz CT molecular complexity index is 1360. The van der Waals surface area contributed by atoms with Crippen LogP contribution in [0.5, 0.6) is 0 Å². The third-order valence-electron chi connectivity index (χ3n) is 7.34. The number of rotatable bonds is 6. The third kappa shape index (κ3) is 4.44. The molecule has 1 aromatic heterocycles. The number of hydrogen-bond donors (Lipinski definition) is 0. The van der Waals surface area contributed by atoms with Crippen LogP contribution in [0.1, 0.15) is 70.4 Å². The summed E-state index contributed by atoms with van der Waals surface area (Å²) in [5.41, 5.74) is -1.23. The van der Waals surface area contributed by atoms with Crippen LogP contribution in [-0.4, -0.2) is 38.7 Å². The van der Waals surface area contributed by atoms with Crippen LogP contribution in [0.3, 0.4) is 0 Å². The first-order chi connectivity index (χ1) is 17.9. The van der Waals surface area contributed by atoms with Gasteiger partial charge in [-0.2, -0.15) is 22.0 Å². The monoisotopic (exact) mass is 537 g/mol. The largest absolute Gasteiger partial charge is 0.416 e. The first-order valence-electron chi connectivity index (χ1n) is 12.2. The lowest BCUT2D eigenvalue weighted by Gasteiger charge is -2.25. The van der Waals surface area contributed by atoms with Crippen molar-refractivity contribution in [2.45, 2.75) is 50.6 Å². The van der Waals surface area contributed by atoms with E-state index in [-0.39, 0.29) is 22.9 Å². The molecule has 2 aliphatic rings. The normalized spacial score (nSPS) is 18.2. The Hall–Kier alpha value is -3.41. The van der Waals surface area contributed by atoms with Gasteiger partial charge in [0, 0.05) is 24.3 Å². The van der Waals surface area contributed by atoms with Gasteiger partial charge in [0.25, 0.3) is 5.91 Å². The van der Waals surface area contributed by atoms with Gasteiger partial charge >= 0.3 is 12.1 Å². The number of aromatic nitrogens is 3. The van der Waals surface area contributed by atoms with E-state index in [1.54, 1.807) is 0 Å². The summed E-state index contributed by atoms with van der Waals surface area (Å²) in [4.78, 5) is 16.5. The van der Waals surface area contributed by atoms with E-state index in [2.05, 4.69) is 15.1 Å². The van der Waals surface area contributed by atoms with Crippen LogP contribution in [0.25, 0.3) is 0 Å². The number of nitrogens with zero attached hydrogens (tertiary/aromatic N) is 5. The number of benzene rings is 2. The molecule has 202 valence electrons. The highest BCUT2D eigenvalue weighted by Gasteiger charge is 2.47. The highest BCUT2D eigenvalue weighted by Crippen LogP contribution is 2.44. The summed E-state index contributed by atoms with van der Waals surface area (Å²) in [7, 11) is 1.25. The number of carbonyl (C=O) groups is 1. The molecule has 0 aliphatic carbocycles. The van der Waals surface area contributed by atoms with Crippen LogP contribution < -0.4 is 4.90 Å². The first-order valence-corrected chi connectivity index (χ1v) is 12.2. The van der Waals surface area contributed by atoms with E-state index < -0.39 is 47.7 Å². The highest BCUT2D eigenvalue weighted by molar-refractivity contribution is 6.10. The molecule has 0 radical (unpaired) electrons. The smallest absolute Gasteiger partial charge is 0.316 e. The summed E-state index contributed by atoms with van der Waals surface area (Å²) >= 11 is 0. The number of halogens is 6. The van der Waals surface area contributed by atoms with E-state index >= 15 is 4.39 Å². The van der Waals surface area contributed by atoms with E-state index in [0.717, 1.165) is 59.9 Å². The molecule has 2 aliphatic heterocycles. The molecule has 1 saturated heterocycles. The standard InChI is InChI=1S/C26H25F6N5O/c1-15(36-8-3-4-9-36)17-11-19-20(21(12-17)26(30,31)32)13-37(23(19)38)18-7-5-6-16(10-18)22(27)25(28,29)24-34-33-14-35(24)2/h5-7,10-12,14-15,22H,3-4,8-9,13H2,1-2H3. The van der Waals surface area contributed by atoms with Crippen LogP contribution in [0.15, 0.2) is 42.7 Å². The highest BCUT2D eigenvalue weighted by atomic mass is 19.4. The molecule has 0 bridgehead atoms. The topological polar surface area (TPSA) is 54.3 Å². The fourth-order valence-corrected chi connectivity index (χ4v) is 5.23. The van der Waals surface area contributed by atoms with Gasteiger partial charge in [-0.3, -0.25) is 9.69 Å². The second kappa shape index (κ2) is 9.40. The average molecular weight is 538 g/mol. The van der Waals surface area contributed by atoms with E-state index in [1.807, 2.05) is 6.92 Å². The molecule has 3 aromatic rings. The number of likely N-dealkylation sites (tertiary alicyclic amines) is 1. The summed E-state index contributed by atoms with van der Waals surface area (Å²) in [5.74, 6) is -5.62. The van der Waals surface area contributed by atoms with Crippen molar-refractivity contribution < 1.29 is 31.1 Å². The second-order valence-electron chi connectivity index (χ2n) is 9.75. The van der Waals surface area contributed by atoms with Gasteiger partial charge in [-0.25, -0.2) is 4.39 Å². The van der Waals surface area contributed by atoms with Crippen LogP contribution in [0, 0.1) is 0 Å². The molecule has 6 nitrogen and oxygen atoms in total. The molecule has 2 unspecified atom stereocenters. The maximum Gasteiger partial charge on any atom is 0.416 e. The Morgan fingerprint density at radius 3 is 2.34 bits per heavy atom. The van der Waals surface area contributed by atoms with Crippen molar-refractivity contribution in [1.29, 1.82) is 0 Å². The lowest BCUT2D eigenvalue weighted by molar-refractivity contribution is -0.138. The Labute approximate surface area is 214 Å². The molecule has 0 spiro atoms. The van der Waals surface area contributed by atoms with E-state index in [4.69, 9.17) is 0 Å². The van der Waals surface area contributed by atoms with Crippen molar-refractivity contribution >= 4 is 11.6 Å². The van der Waals surface area contributed by atoms with Gasteiger partial charge in [0.05, 0.1) is 12.1 Å². The number of anilines is 1. The quantitative estimate of drug-likeness (QED) is 0.365.